The predicted molar refractivity (Wildman–Crippen MR) is 135 cm³/mol. The van der Waals surface area contributed by atoms with Gasteiger partial charge in [-0.1, -0.05) is 60.1 Å². The van der Waals surface area contributed by atoms with Gasteiger partial charge in [-0.25, -0.2) is 4.98 Å². The van der Waals surface area contributed by atoms with Gasteiger partial charge in [-0.05, 0) is 35.9 Å². The summed E-state index contributed by atoms with van der Waals surface area (Å²) in [6.45, 7) is 2.52. The first kappa shape index (κ1) is 22.3. The molecule has 4 aromatic rings. The van der Waals surface area contributed by atoms with Crippen LogP contribution in [-0.2, 0) is 6.54 Å². The van der Waals surface area contributed by atoms with Crippen molar-refractivity contribution >= 4 is 46.4 Å². The van der Waals surface area contributed by atoms with Gasteiger partial charge in [0, 0.05) is 41.7 Å². The Morgan fingerprint density at radius 2 is 1.72 bits per heavy atom. The Kier molecular flexibility index (Phi) is 7.03. The first-order chi connectivity index (χ1) is 15.2. The average molecular weight is 466 g/mol. The average Bonchev–Trinajstić information content (AvgIpc) is 3.27. The molecule has 0 saturated carbocycles. The van der Waals surface area contributed by atoms with E-state index in [2.05, 4.69) is 34.5 Å². The van der Waals surface area contributed by atoms with E-state index in [1.165, 1.54) is 16.6 Å². The van der Waals surface area contributed by atoms with Crippen molar-refractivity contribution in [3.8, 4) is 5.75 Å². The van der Waals surface area contributed by atoms with Crippen molar-refractivity contribution in [2.75, 3.05) is 23.3 Å². The van der Waals surface area contributed by atoms with Crippen LogP contribution in [-0.4, -0.2) is 24.2 Å². The number of nitrogens with one attached hydrogen (secondary N) is 1. The number of para-hydroxylation sites is 2. The zero-order chi connectivity index (χ0) is 21.0. The molecule has 1 aromatic heterocycles. The number of hydrogen-bond donors (Lipinski definition) is 1. The number of halogens is 2. The van der Waals surface area contributed by atoms with Crippen LogP contribution in [0.2, 0.25) is 5.02 Å². The van der Waals surface area contributed by atoms with Crippen LogP contribution in [0.4, 0.5) is 11.5 Å². The molecule has 1 saturated heterocycles. The van der Waals surface area contributed by atoms with Gasteiger partial charge in [-0.3, -0.25) is 0 Å². The van der Waals surface area contributed by atoms with Gasteiger partial charge in [-0.15, -0.1) is 12.4 Å². The summed E-state index contributed by atoms with van der Waals surface area (Å²) in [4.78, 5) is 7.24. The van der Waals surface area contributed by atoms with Crippen molar-refractivity contribution in [1.82, 2.24) is 4.98 Å². The lowest BCUT2D eigenvalue weighted by Gasteiger charge is -2.22. The molecule has 0 unspecified atom stereocenters. The van der Waals surface area contributed by atoms with Gasteiger partial charge in [0.25, 0.3) is 0 Å². The minimum absolute atomic E-state index is 0. The fraction of sp³-hybridized carbons (Fsp3) is 0.192. The second kappa shape index (κ2) is 10.1. The Hall–Kier alpha value is -2.95. The lowest BCUT2D eigenvalue weighted by Crippen LogP contribution is -2.25. The smallest absolute Gasteiger partial charge is 0.129 e. The molecule has 164 valence electrons. The third-order valence-electron chi connectivity index (χ3n) is 5.61. The Labute approximate surface area is 199 Å². The molecule has 1 aliphatic rings. The van der Waals surface area contributed by atoms with E-state index in [0.717, 1.165) is 41.6 Å². The molecule has 0 aliphatic carbocycles. The van der Waals surface area contributed by atoms with Gasteiger partial charge in [0.2, 0.25) is 0 Å². The van der Waals surface area contributed by atoms with Gasteiger partial charge in [-0.2, -0.15) is 0 Å². The standard InChI is InChI=1S/C26H24ClN3O.ClH/c27-20-12-10-19(11-13-20)17-28-26-16-25(23-8-4-5-9-24(23)29-26)30-15-14-22(18-30)31-21-6-2-1-3-7-21;/h1-13,16,22H,14-15,17-18H2,(H,28,29);1H/t22-;/m1./s1. The second-order valence-electron chi connectivity index (χ2n) is 7.81. The minimum Gasteiger partial charge on any atom is -0.489 e. The van der Waals surface area contributed by atoms with Crippen LogP contribution in [0, 0.1) is 0 Å². The molecule has 0 bridgehead atoms. The predicted octanol–water partition coefficient (Wildman–Crippen LogP) is 6.58. The molecule has 32 heavy (non-hydrogen) atoms. The number of nitrogens with zero attached hydrogens (tertiary/aromatic N) is 2. The normalized spacial score (nSPS) is 15.4. The first-order valence-corrected chi connectivity index (χ1v) is 11.0. The zero-order valence-electron chi connectivity index (χ0n) is 17.6. The van der Waals surface area contributed by atoms with Crippen molar-refractivity contribution in [2.24, 2.45) is 0 Å². The minimum atomic E-state index is 0. The lowest BCUT2D eigenvalue weighted by atomic mass is 10.1. The maximum absolute atomic E-state index is 6.20. The molecular formula is C26H25Cl2N3O. The zero-order valence-corrected chi connectivity index (χ0v) is 19.1. The van der Waals surface area contributed by atoms with Gasteiger partial charge in [0.05, 0.1) is 12.1 Å². The van der Waals surface area contributed by atoms with Crippen LogP contribution in [0.1, 0.15) is 12.0 Å². The number of pyridine rings is 1. The SMILES string of the molecule is Cl.Clc1ccc(CNc2cc(N3CC[C@@H](Oc4ccccc4)C3)c3ccccc3n2)cc1. The molecule has 4 nitrogen and oxygen atoms in total. The summed E-state index contributed by atoms with van der Waals surface area (Å²) in [7, 11) is 0. The number of fused-ring (bicyclic) bond motifs is 1. The maximum Gasteiger partial charge on any atom is 0.129 e. The van der Waals surface area contributed by atoms with Gasteiger partial charge in [0.15, 0.2) is 0 Å². The highest BCUT2D eigenvalue weighted by molar-refractivity contribution is 6.30. The molecule has 1 N–H and O–H groups in total. The third kappa shape index (κ3) is 5.09. The molecule has 3 aromatic carbocycles. The van der Waals surface area contributed by atoms with E-state index in [-0.39, 0.29) is 18.5 Å². The lowest BCUT2D eigenvalue weighted by molar-refractivity contribution is 0.225. The number of benzene rings is 3. The number of ether oxygens (including phenoxy) is 1. The molecule has 1 atom stereocenters. The fourth-order valence-electron chi connectivity index (χ4n) is 4.04. The number of rotatable bonds is 6. The van der Waals surface area contributed by atoms with Crippen LogP contribution in [0.5, 0.6) is 5.75 Å². The summed E-state index contributed by atoms with van der Waals surface area (Å²) in [5.41, 5.74) is 3.35. The van der Waals surface area contributed by atoms with Crippen molar-refractivity contribution in [3.63, 3.8) is 0 Å². The van der Waals surface area contributed by atoms with Crippen LogP contribution in [0.3, 0.4) is 0 Å². The summed E-state index contributed by atoms with van der Waals surface area (Å²) in [6, 6.07) is 28.4. The monoisotopic (exact) mass is 465 g/mol. The van der Waals surface area contributed by atoms with Gasteiger partial charge >= 0.3 is 0 Å². The highest BCUT2D eigenvalue weighted by Gasteiger charge is 2.26. The van der Waals surface area contributed by atoms with Crippen LogP contribution in [0.15, 0.2) is 84.9 Å². The Morgan fingerprint density at radius 1 is 0.969 bits per heavy atom. The number of hydrogen-bond acceptors (Lipinski definition) is 4. The second-order valence-corrected chi connectivity index (χ2v) is 8.25. The van der Waals surface area contributed by atoms with E-state index in [0.29, 0.717) is 6.54 Å². The summed E-state index contributed by atoms with van der Waals surface area (Å²) in [5.74, 6) is 1.80. The van der Waals surface area contributed by atoms with Crippen LogP contribution >= 0.6 is 24.0 Å². The van der Waals surface area contributed by atoms with Crippen molar-refractivity contribution in [1.29, 1.82) is 0 Å². The molecule has 0 amide bonds. The Balaban J connectivity index is 0.00000245. The van der Waals surface area contributed by atoms with E-state index in [1.807, 2.05) is 60.7 Å². The topological polar surface area (TPSA) is 37.4 Å². The van der Waals surface area contributed by atoms with Gasteiger partial charge in [0.1, 0.15) is 17.7 Å². The molecule has 1 fully saturated rings. The van der Waals surface area contributed by atoms with E-state index < -0.39 is 0 Å². The largest absolute Gasteiger partial charge is 0.489 e. The first-order valence-electron chi connectivity index (χ1n) is 10.6. The molecule has 0 spiro atoms. The molecule has 0 radical (unpaired) electrons. The van der Waals surface area contributed by atoms with E-state index in [4.69, 9.17) is 21.3 Å². The van der Waals surface area contributed by atoms with E-state index in [1.54, 1.807) is 0 Å². The van der Waals surface area contributed by atoms with E-state index >= 15 is 0 Å². The molecule has 5 rings (SSSR count). The molecule has 1 aliphatic heterocycles. The number of aromatic nitrogens is 1. The van der Waals surface area contributed by atoms with Gasteiger partial charge < -0.3 is 15.0 Å². The van der Waals surface area contributed by atoms with E-state index in [9.17, 15) is 0 Å². The van der Waals surface area contributed by atoms with Crippen molar-refractivity contribution < 1.29 is 4.74 Å². The van der Waals surface area contributed by atoms with Crippen molar-refractivity contribution in [2.45, 2.75) is 19.1 Å². The summed E-state index contributed by atoms with van der Waals surface area (Å²) in [6.07, 6.45) is 1.18. The highest BCUT2D eigenvalue weighted by atomic mass is 35.5. The summed E-state index contributed by atoms with van der Waals surface area (Å²) >= 11 is 6.00. The van der Waals surface area contributed by atoms with Crippen LogP contribution < -0.4 is 15.0 Å². The Bertz CT molecular complexity index is 1170. The van der Waals surface area contributed by atoms with Crippen molar-refractivity contribution in [3.05, 3.63) is 95.5 Å². The Morgan fingerprint density at radius 3 is 2.53 bits per heavy atom. The molecule has 6 heteroatoms. The quantitative estimate of drug-likeness (QED) is 0.348. The summed E-state index contributed by atoms with van der Waals surface area (Å²) < 4.78 is 6.20. The summed E-state index contributed by atoms with van der Waals surface area (Å²) in [5, 5.41) is 5.39. The number of anilines is 2. The maximum atomic E-state index is 6.20. The van der Waals surface area contributed by atoms with Crippen LogP contribution in [0.25, 0.3) is 10.9 Å². The molecular weight excluding hydrogens is 441 g/mol. The fourth-order valence-corrected chi connectivity index (χ4v) is 4.16. The third-order valence-corrected chi connectivity index (χ3v) is 5.86. The molecule has 2 heterocycles. The highest BCUT2D eigenvalue weighted by Crippen LogP contribution is 2.32.